The first-order valence-corrected chi connectivity index (χ1v) is 4.31. The zero-order chi connectivity index (χ0) is 6.41. The van der Waals surface area contributed by atoms with E-state index in [0.717, 1.165) is 3.92 Å². The molecule has 0 aliphatic rings. The van der Waals surface area contributed by atoms with E-state index in [2.05, 4.69) is 48.6 Å². The summed E-state index contributed by atoms with van der Waals surface area (Å²) in [5.41, 5.74) is 0. The smallest absolute Gasteiger partial charge is 0.0116 e. The molecule has 1 atom stereocenters. The Morgan fingerprint density at radius 2 is 2.12 bits per heavy atom. The Morgan fingerprint density at radius 3 is 2.50 bits per heavy atom. The molecule has 0 aliphatic carbocycles. The molecule has 8 heavy (non-hydrogen) atoms. The van der Waals surface area contributed by atoms with Gasteiger partial charge in [0.2, 0.25) is 0 Å². The molecule has 0 fully saturated rings. The normalized spacial score (nSPS) is 14.9. The largest absolute Gasteiger partial charge is 0.0888 e. The summed E-state index contributed by atoms with van der Waals surface area (Å²) in [5, 5.41) is 0. The second-order valence-electron chi connectivity index (χ2n) is 1.90. The fraction of sp³-hybridized carbons (Fsp3) is 0.714. The van der Waals surface area contributed by atoms with Crippen molar-refractivity contribution in [1.82, 2.24) is 0 Å². The van der Waals surface area contributed by atoms with Crippen molar-refractivity contribution >= 4 is 22.6 Å². The lowest BCUT2D eigenvalue weighted by molar-refractivity contribution is 1.01. The molecule has 0 nitrogen and oxygen atoms in total. The van der Waals surface area contributed by atoms with Crippen LogP contribution in [-0.2, 0) is 0 Å². The summed E-state index contributed by atoms with van der Waals surface area (Å²) in [6.45, 7) is 4.38. The molecule has 0 aromatic rings. The first kappa shape index (κ1) is 8.47. The van der Waals surface area contributed by atoms with E-state index in [4.69, 9.17) is 0 Å². The van der Waals surface area contributed by atoms with E-state index < -0.39 is 0 Å². The van der Waals surface area contributed by atoms with Crippen LogP contribution in [0.25, 0.3) is 0 Å². The van der Waals surface area contributed by atoms with Crippen LogP contribution < -0.4 is 0 Å². The van der Waals surface area contributed by atoms with Gasteiger partial charge in [0.05, 0.1) is 0 Å². The molecule has 1 heteroatoms. The number of hydrogen-bond donors (Lipinski definition) is 0. The second kappa shape index (κ2) is 5.60. The van der Waals surface area contributed by atoms with Crippen molar-refractivity contribution in [3.05, 3.63) is 12.2 Å². The molecule has 0 radical (unpaired) electrons. The molecule has 0 aromatic heterocycles. The van der Waals surface area contributed by atoms with Crippen LogP contribution in [-0.4, -0.2) is 3.92 Å². The van der Waals surface area contributed by atoms with E-state index in [1.54, 1.807) is 0 Å². The van der Waals surface area contributed by atoms with E-state index in [0.29, 0.717) is 0 Å². The van der Waals surface area contributed by atoms with Crippen LogP contribution in [0.1, 0.15) is 26.7 Å². The van der Waals surface area contributed by atoms with Gasteiger partial charge in [-0.05, 0) is 12.8 Å². The van der Waals surface area contributed by atoms with E-state index in [1.165, 1.54) is 12.8 Å². The highest BCUT2D eigenvalue weighted by molar-refractivity contribution is 14.1. The minimum Gasteiger partial charge on any atom is -0.0888 e. The molecule has 0 rings (SSSR count). The lowest BCUT2D eigenvalue weighted by Crippen LogP contribution is -1.82. The molecular weight excluding hydrogens is 211 g/mol. The molecule has 0 N–H and O–H groups in total. The first-order chi connectivity index (χ1) is 3.77. The lowest BCUT2D eigenvalue weighted by Gasteiger charge is -1.92. The van der Waals surface area contributed by atoms with Gasteiger partial charge in [0.15, 0.2) is 0 Å². The number of rotatable bonds is 3. The van der Waals surface area contributed by atoms with Crippen molar-refractivity contribution < 1.29 is 0 Å². The molecule has 0 saturated carbocycles. The molecule has 0 amide bonds. The Balaban J connectivity index is 3.03. The maximum absolute atomic E-state index is 2.43. The number of halogens is 1. The topological polar surface area (TPSA) is 0 Å². The van der Waals surface area contributed by atoms with Crippen molar-refractivity contribution in [3.63, 3.8) is 0 Å². The number of hydrogen-bond acceptors (Lipinski definition) is 0. The van der Waals surface area contributed by atoms with Gasteiger partial charge in [-0.3, -0.25) is 0 Å². The first-order valence-electron chi connectivity index (χ1n) is 3.06. The van der Waals surface area contributed by atoms with Gasteiger partial charge < -0.3 is 0 Å². The van der Waals surface area contributed by atoms with Gasteiger partial charge >= 0.3 is 0 Å². The fourth-order valence-electron chi connectivity index (χ4n) is 0.450. The predicted molar refractivity (Wildman–Crippen MR) is 47.5 cm³/mol. The van der Waals surface area contributed by atoms with Gasteiger partial charge in [-0.25, -0.2) is 0 Å². The Bertz CT molecular complexity index is 64.8. The average molecular weight is 224 g/mol. The third-order valence-electron chi connectivity index (χ3n) is 0.863. The maximum Gasteiger partial charge on any atom is 0.0116 e. The molecular formula is C7H13I. The average Bonchev–Trinajstić information content (AvgIpc) is 1.66. The molecule has 0 saturated heterocycles. The van der Waals surface area contributed by atoms with Crippen molar-refractivity contribution in [2.75, 3.05) is 0 Å². The molecule has 48 valence electrons. The number of alkyl halides is 1. The molecule has 0 bridgehead atoms. The highest BCUT2D eigenvalue weighted by Crippen LogP contribution is 2.04. The molecule has 0 spiro atoms. The van der Waals surface area contributed by atoms with E-state index in [9.17, 15) is 0 Å². The summed E-state index contributed by atoms with van der Waals surface area (Å²) in [5.74, 6) is 0. The predicted octanol–water partition coefficient (Wildman–Crippen LogP) is 3.17. The van der Waals surface area contributed by atoms with Crippen LogP contribution in [0.4, 0.5) is 0 Å². The molecule has 0 heterocycles. The van der Waals surface area contributed by atoms with Crippen LogP contribution in [0.5, 0.6) is 0 Å². The summed E-state index contributed by atoms with van der Waals surface area (Å²) in [6.07, 6.45) is 6.85. The van der Waals surface area contributed by atoms with Crippen molar-refractivity contribution in [3.8, 4) is 0 Å². The van der Waals surface area contributed by atoms with Crippen LogP contribution in [0, 0.1) is 0 Å². The summed E-state index contributed by atoms with van der Waals surface area (Å²) in [7, 11) is 0. The van der Waals surface area contributed by atoms with E-state index in [-0.39, 0.29) is 0 Å². The summed E-state index contributed by atoms with van der Waals surface area (Å²) < 4.78 is 0.787. The summed E-state index contributed by atoms with van der Waals surface area (Å²) in [6, 6.07) is 0. The van der Waals surface area contributed by atoms with Gasteiger partial charge in [0, 0.05) is 3.92 Å². The lowest BCUT2D eigenvalue weighted by atomic mass is 10.3. The van der Waals surface area contributed by atoms with Gasteiger partial charge in [-0.15, -0.1) is 0 Å². The van der Waals surface area contributed by atoms with Crippen molar-refractivity contribution in [1.29, 1.82) is 0 Å². The zero-order valence-electron chi connectivity index (χ0n) is 5.52. The van der Waals surface area contributed by atoms with Crippen LogP contribution >= 0.6 is 22.6 Å². The fourth-order valence-corrected chi connectivity index (χ4v) is 0.744. The Morgan fingerprint density at radius 1 is 1.50 bits per heavy atom. The quantitative estimate of drug-likeness (QED) is 0.392. The second-order valence-corrected chi connectivity index (χ2v) is 4.02. The highest BCUT2D eigenvalue weighted by atomic mass is 127. The van der Waals surface area contributed by atoms with Crippen molar-refractivity contribution in [2.45, 2.75) is 30.6 Å². The minimum atomic E-state index is 0.787. The van der Waals surface area contributed by atoms with Crippen molar-refractivity contribution in [2.24, 2.45) is 0 Å². The Hall–Kier alpha value is 0.470. The minimum absolute atomic E-state index is 0.787. The zero-order valence-corrected chi connectivity index (χ0v) is 7.68. The van der Waals surface area contributed by atoms with Gasteiger partial charge in [-0.2, -0.15) is 0 Å². The molecule has 0 aliphatic heterocycles. The number of allylic oxidation sites excluding steroid dienone is 2. The maximum atomic E-state index is 2.43. The highest BCUT2D eigenvalue weighted by Gasteiger charge is 1.86. The van der Waals surface area contributed by atoms with E-state index in [1.807, 2.05) is 0 Å². The van der Waals surface area contributed by atoms with E-state index >= 15 is 0 Å². The summed E-state index contributed by atoms with van der Waals surface area (Å²) in [4.78, 5) is 0. The van der Waals surface area contributed by atoms with Gasteiger partial charge in [-0.1, -0.05) is 48.6 Å². The molecule has 0 aromatic carbocycles. The Kier molecular flexibility index (Phi) is 5.93. The standard InChI is InChI=1S/C7H13I/c1-3-4-5-6-7(2)8/h4-5,7H,3,6H2,1-2H3/b5-4+/t7-/m1/s1. The van der Waals surface area contributed by atoms with Crippen LogP contribution in [0.3, 0.4) is 0 Å². The van der Waals surface area contributed by atoms with Crippen LogP contribution in [0.15, 0.2) is 12.2 Å². The Labute approximate surface area is 65.5 Å². The molecule has 0 unspecified atom stereocenters. The monoisotopic (exact) mass is 224 g/mol. The third kappa shape index (κ3) is 6.47. The van der Waals surface area contributed by atoms with Gasteiger partial charge in [0.25, 0.3) is 0 Å². The third-order valence-corrected chi connectivity index (χ3v) is 1.37. The van der Waals surface area contributed by atoms with Crippen LogP contribution in [0.2, 0.25) is 0 Å². The summed E-state index contributed by atoms with van der Waals surface area (Å²) >= 11 is 2.43. The SMILES string of the molecule is CC/C=C/C[C@@H](C)I. The van der Waals surface area contributed by atoms with Gasteiger partial charge in [0.1, 0.15) is 0 Å².